The monoisotopic (exact) mass is 499 g/mol. The fraction of sp³-hybridized carbons (Fsp3) is 0.269. The minimum absolute atomic E-state index is 0.614. The van der Waals surface area contributed by atoms with E-state index in [1.807, 2.05) is 59.3 Å². The molecule has 0 saturated carbocycles. The molecule has 11 heteroatoms. The molecular formula is C26H29N9O2. The highest BCUT2D eigenvalue weighted by atomic mass is 16.5. The third kappa shape index (κ3) is 6.46. The van der Waals surface area contributed by atoms with Crippen LogP contribution in [0.4, 0.5) is 11.5 Å². The Hall–Kier alpha value is -4.35. The topological polar surface area (TPSA) is 128 Å². The highest BCUT2D eigenvalue weighted by Gasteiger charge is 2.12. The van der Waals surface area contributed by atoms with E-state index in [0.717, 1.165) is 72.7 Å². The lowest BCUT2D eigenvalue weighted by Gasteiger charge is -2.26. The standard InChI is InChI=1S/C26H29N9O2/c27-33-7-6-28-21-3-1-20(2-4-21)17-29-25-16-23(31-19-32-25)24-18-30-26-15-22(5-8-35(24)26)37-14-11-34-9-12-36-13-10-34/h1-8,15-16,18-19H,9-14,17,27H2,(H,29,31,32)/b28-6?,33-7-. The summed E-state index contributed by atoms with van der Waals surface area (Å²) in [4.78, 5) is 20.0. The van der Waals surface area contributed by atoms with Gasteiger partial charge in [-0.3, -0.25) is 14.3 Å². The Kier molecular flexibility index (Phi) is 7.94. The second kappa shape index (κ2) is 12.1. The molecule has 3 N–H and O–H groups in total. The van der Waals surface area contributed by atoms with Crippen LogP contribution in [0.2, 0.25) is 0 Å². The van der Waals surface area contributed by atoms with Crippen molar-refractivity contribution in [1.82, 2.24) is 24.3 Å². The van der Waals surface area contributed by atoms with E-state index in [4.69, 9.17) is 15.3 Å². The van der Waals surface area contributed by atoms with E-state index < -0.39 is 0 Å². The van der Waals surface area contributed by atoms with Crippen molar-refractivity contribution in [1.29, 1.82) is 0 Å². The van der Waals surface area contributed by atoms with Crippen LogP contribution in [-0.4, -0.2) is 76.1 Å². The molecule has 1 aliphatic rings. The number of fused-ring (bicyclic) bond motifs is 1. The Bertz CT molecular complexity index is 1360. The Morgan fingerprint density at radius 1 is 1.05 bits per heavy atom. The van der Waals surface area contributed by atoms with Crippen LogP contribution in [0.25, 0.3) is 17.0 Å². The number of ether oxygens (including phenoxy) is 2. The molecule has 190 valence electrons. The first kappa shape index (κ1) is 24.3. The first-order valence-corrected chi connectivity index (χ1v) is 12.1. The first-order valence-electron chi connectivity index (χ1n) is 12.1. The normalized spacial score (nSPS) is 14.6. The molecule has 1 fully saturated rings. The van der Waals surface area contributed by atoms with Gasteiger partial charge >= 0.3 is 0 Å². The number of hydrogen-bond donors (Lipinski definition) is 2. The van der Waals surface area contributed by atoms with Crippen LogP contribution in [0.5, 0.6) is 5.75 Å². The Labute approximate surface area is 214 Å². The fourth-order valence-electron chi connectivity index (χ4n) is 4.00. The average molecular weight is 500 g/mol. The van der Waals surface area contributed by atoms with Gasteiger partial charge in [0.15, 0.2) is 0 Å². The third-order valence-electron chi connectivity index (χ3n) is 5.98. The summed E-state index contributed by atoms with van der Waals surface area (Å²) in [6, 6.07) is 13.7. The second-order valence-electron chi connectivity index (χ2n) is 8.42. The van der Waals surface area contributed by atoms with Crippen LogP contribution in [0.1, 0.15) is 5.56 Å². The first-order chi connectivity index (χ1) is 18.3. The molecule has 0 unspecified atom stereocenters. The second-order valence-corrected chi connectivity index (χ2v) is 8.42. The van der Waals surface area contributed by atoms with Gasteiger partial charge in [-0.1, -0.05) is 12.1 Å². The van der Waals surface area contributed by atoms with E-state index in [2.05, 4.69) is 35.3 Å². The fourth-order valence-corrected chi connectivity index (χ4v) is 4.00. The van der Waals surface area contributed by atoms with Crippen molar-refractivity contribution in [3.63, 3.8) is 0 Å². The summed E-state index contributed by atoms with van der Waals surface area (Å²) >= 11 is 0. The van der Waals surface area contributed by atoms with E-state index >= 15 is 0 Å². The van der Waals surface area contributed by atoms with E-state index in [9.17, 15) is 0 Å². The van der Waals surface area contributed by atoms with Crippen LogP contribution in [0, 0.1) is 0 Å². The van der Waals surface area contributed by atoms with Crippen LogP contribution in [0.15, 0.2) is 71.3 Å². The predicted molar refractivity (Wildman–Crippen MR) is 144 cm³/mol. The Morgan fingerprint density at radius 2 is 1.92 bits per heavy atom. The maximum absolute atomic E-state index is 5.97. The number of nitrogens with one attached hydrogen (secondary N) is 1. The summed E-state index contributed by atoms with van der Waals surface area (Å²) < 4.78 is 13.4. The van der Waals surface area contributed by atoms with Gasteiger partial charge in [0.1, 0.15) is 30.1 Å². The number of morpholine rings is 1. The Balaban J connectivity index is 1.20. The van der Waals surface area contributed by atoms with Crippen molar-refractivity contribution in [2.45, 2.75) is 6.54 Å². The molecule has 0 atom stereocenters. The van der Waals surface area contributed by atoms with Crippen molar-refractivity contribution >= 4 is 29.6 Å². The summed E-state index contributed by atoms with van der Waals surface area (Å²) in [7, 11) is 0. The predicted octanol–water partition coefficient (Wildman–Crippen LogP) is 2.76. The molecule has 4 aromatic rings. The zero-order valence-electron chi connectivity index (χ0n) is 20.4. The number of nitrogens with two attached hydrogens (primary N) is 1. The number of aliphatic imine (C=N–C) groups is 1. The summed E-state index contributed by atoms with van der Waals surface area (Å²) in [5.41, 5.74) is 4.38. The zero-order chi connectivity index (χ0) is 25.3. The van der Waals surface area contributed by atoms with Crippen molar-refractivity contribution < 1.29 is 9.47 Å². The lowest BCUT2D eigenvalue weighted by Crippen LogP contribution is -2.38. The van der Waals surface area contributed by atoms with Gasteiger partial charge in [0, 0.05) is 50.7 Å². The maximum atomic E-state index is 5.97. The van der Waals surface area contributed by atoms with Crippen LogP contribution < -0.4 is 15.9 Å². The molecule has 0 spiro atoms. The van der Waals surface area contributed by atoms with E-state index in [0.29, 0.717) is 13.2 Å². The number of rotatable bonds is 10. The van der Waals surface area contributed by atoms with Gasteiger partial charge in [0.2, 0.25) is 0 Å². The number of hydrazone groups is 1. The Morgan fingerprint density at radius 3 is 2.76 bits per heavy atom. The van der Waals surface area contributed by atoms with Gasteiger partial charge in [-0.05, 0) is 23.8 Å². The maximum Gasteiger partial charge on any atom is 0.140 e. The quantitative estimate of drug-likeness (QED) is 0.194. The number of anilines is 1. The summed E-state index contributed by atoms with van der Waals surface area (Å²) in [6.45, 7) is 5.61. The zero-order valence-corrected chi connectivity index (χ0v) is 20.4. The van der Waals surface area contributed by atoms with Gasteiger partial charge in [0.25, 0.3) is 0 Å². The molecule has 37 heavy (non-hydrogen) atoms. The lowest BCUT2D eigenvalue weighted by molar-refractivity contribution is 0.0322. The molecule has 11 nitrogen and oxygen atoms in total. The minimum Gasteiger partial charge on any atom is -0.492 e. The molecule has 1 aliphatic heterocycles. The number of imidazole rings is 1. The smallest absolute Gasteiger partial charge is 0.140 e. The van der Waals surface area contributed by atoms with Crippen LogP contribution >= 0.6 is 0 Å². The largest absolute Gasteiger partial charge is 0.492 e. The molecule has 1 aromatic carbocycles. The van der Waals surface area contributed by atoms with Crippen LogP contribution in [-0.2, 0) is 11.3 Å². The number of benzene rings is 1. The van der Waals surface area contributed by atoms with Gasteiger partial charge in [-0.15, -0.1) is 0 Å². The van der Waals surface area contributed by atoms with Crippen molar-refractivity contribution in [3.05, 3.63) is 66.7 Å². The molecular weight excluding hydrogens is 470 g/mol. The molecule has 5 rings (SSSR count). The van der Waals surface area contributed by atoms with Gasteiger partial charge in [-0.25, -0.2) is 15.0 Å². The molecule has 0 radical (unpaired) electrons. The summed E-state index contributed by atoms with van der Waals surface area (Å²) in [5.74, 6) is 6.59. The molecule has 0 bridgehead atoms. The van der Waals surface area contributed by atoms with Crippen molar-refractivity contribution in [2.75, 3.05) is 44.8 Å². The molecule has 4 heterocycles. The highest BCUT2D eigenvalue weighted by molar-refractivity contribution is 6.16. The number of pyridine rings is 1. The van der Waals surface area contributed by atoms with Crippen LogP contribution in [0.3, 0.4) is 0 Å². The summed E-state index contributed by atoms with van der Waals surface area (Å²) in [6.07, 6.45) is 8.31. The minimum atomic E-state index is 0.614. The van der Waals surface area contributed by atoms with Gasteiger partial charge in [-0.2, -0.15) is 5.10 Å². The van der Waals surface area contributed by atoms with Crippen molar-refractivity contribution in [3.8, 4) is 17.1 Å². The molecule has 0 aliphatic carbocycles. The number of aromatic nitrogens is 4. The molecule has 3 aromatic heterocycles. The third-order valence-corrected chi connectivity index (χ3v) is 5.98. The molecule has 0 amide bonds. The van der Waals surface area contributed by atoms with E-state index in [-0.39, 0.29) is 0 Å². The summed E-state index contributed by atoms with van der Waals surface area (Å²) in [5, 5.41) is 6.74. The highest BCUT2D eigenvalue weighted by Crippen LogP contribution is 2.23. The van der Waals surface area contributed by atoms with Gasteiger partial charge < -0.3 is 20.6 Å². The SMILES string of the molecule is N/N=C\C=Nc1ccc(CNc2cc(-c3cnc4cc(OCCN5CCOCC5)ccn34)ncn2)cc1. The lowest BCUT2D eigenvalue weighted by atomic mass is 10.2. The number of nitrogens with zero attached hydrogens (tertiary/aromatic N) is 7. The van der Waals surface area contributed by atoms with Gasteiger partial charge in [0.05, 0.1) is 42.7 Å². The van der Waals surface area contributed by atoms with Crippen molar-refractivity contribution in [2.24, 2.45) is 15.9 Å². The van der Waals surface area contributed by atoms with E-state index in [1.54, 1.807) is 12.5 Å². The number of hydrogen-bond acceptors (Lipinski definition) is 10. The van der Waals surface area contributed by atoms with E-state index in [1.165, 1.54) is 6.21 Å². The molecule has 1 saturated heterocycles. The average Bonchev–Trinajstić information content (AvgIpc) is 3.37.